The van der Waals surface area contributed by atoms with Crippen molar-refractivity contribution in [2.75, 3.05) is 47.5 Å². The van der Waals surface area contributed by atoms with Crippen LogP contribution in [0.15, 0.2) is 28.7 Å². The number of alkyl halides is 2. The predicted octanol–water partition coefficient (Wildman–Crippen LogP) is 5.51. The Balaban J connectivity index is 1.45. The summed E-state index contributed by atoms with van der Waals surface area (Å²) in [6, 6.07) is 7.99. The Hall–Kier alpha value is -2.37. The molecule has 0 amide bonds. The summed E-state index contributed by atoms with van der Waals surface area (Å²) in [7, 11) is -2.48. The van der Waals surface area contributed by atoms with E-state index < -0.39 is 28.4 Å². The Morgan fingerprint density at radius 3 is 2.28 bits per heavy atom. The number of halogens is 2. The maximum absolute atomic E-state index is 13.7. The second kappa shape index (κ2) is 9.83. The zero-order chi connectivity index (χ0) is 25.5. The largest absolute Gasteiger partial charge is 0.481 e. The molecule has 0 bridgehead atoms. The number of carboxylic acids is 1. The third kappa shape index (κ3) is 5.33. The molecule has 2 aliphatic heterocycles. The molecule has 198 valence electrons. The molecule has 3 aliphatic rings. The fourth-order valence-corrected chi connectivity index (χ4v) is 6.72. The summed E-state index contributed by atoms with van der Waals surface area (Å²) in [5.41, 5.74) is 2.31. The highest BCUT2D eigenvalue weighted by Gasteiger charge is 2.39. The standard InChI is InChI=1S/C25H33F2N3O5S/c26-25(27)9-11-30(12-10-25)24-28-21(22(35-24)19-3-1-2-4-20(19)23(31)32)17-5-7-18(8-6-17)29-13-15-36(33,34)16-14-29/h5-8,19-20,33-34H,1-4,9-16H2,(H,31,32). The van der Waals surface area contributed by atoms with Crippen LogP contribution >= 0.6 is 10.6 Å². The van der Waals surface area contributed by atoms with Crippen LogP contribution < -0.4 is 9.80 Å². The molecule has 2 atom stereocenters. The molecule has 3 fully saturated rings. The van der Waals surface area contributed by atoms with Crippen molar-refractivity contribution >= 4 is 28.3 Å². The van der Waals surface area contributed by atoms with Crippen LogP contribution in [0, 0.1) is 5.92 Å². The van der Waals surface area contributed by atoms with Crippen LogP contribution in [0.5, 0.6) is 0 Å². The lowest BCUT2D eigenvalue weighted by Gasteiger charge is -2.41. The van der Waals surface area contributed by atoms with Gasteiger partial charge in [-0.15, -0.1) is 0 Å². The van der Waals surface area contributed by atoms with Gasteiger partial charge in [0, 0.05) is 56.2 Å². The lowest BCUT2D eigenvalue weighted by atomic mass is 9.77. The van der Waals surface area contributed by atoms with Crippen molar-refractivity contribution in [1.29, 1.82) is 0 Å². The first-order chi connectivity index (χ1) is 17.1. The van der Waals surface area contributed by atoms with Crippen molar-refractivity contribution in [1.82, 2.24) is 4.98 Å². The van der Waals surface area contributed by atoms with Gasteiger partial charge in [0.25, 0.3) is 11.9 Å². The molecule has 1 aromatic heterocycles. The number of oxazole rings is 1. The predicted molar refractivity (Wildman–Crippen MR) is 135 cm³/mol. The molecule has 11 heteroatoms. The van der Waals surface area contributed by atoms with E-state index in [1.807, 2.05) is 24.3 Å². The number of rotatable bonds is 5. The maximum atomic E-state index is 13.7. The normalized spacial score (nSPS) is 27.0. The molecular weight excluding hydrogens is 492 g/mol. The van der Waals surface area contributed by atoms with E-state index in [1.54, 1.807) is 4.90 Å². The highest BCUT2D eigenvalue weighted by Crippen LogP contribution is 2.45. The molecule has 2 saturated heterocycles. The molecular formula is C25H33F2N3O5S. The lowest BCUT2D eigenvalue weighted by Crippen LogP contribution is -2.39. The number of nitrogens with zero attached hydrogens (tertiary/aromatic N) is 3. The number of carboxylic acid groups (broad SMARTS) is 1. The number of hydrogen-bond donors (Lipinski definition) is 3. The minimum absolute atomic E-state index is 0.131. The Bertz CT molecular complexity index is 1070. The van der Waals surface area contributed by atoms with Gasteiger partial charge in [-0.3, -0.25) is 13.9 Å². The number of aromatic nitrogens is 1. The molecule has 2 aromatic rings. The summed E-state index contributed by atoms with van der Waals surface area (Å²) in [6.45, 7) is 1.38. The highest BCUT2D eigenvalue weighted by atomic mass is 32.3. The average Bonchev–Trinajstić information content (AvgIpc) is 3.29. The number of benzene rings is 1. The lowest BCUT2D eigenvalue weighted by molar-refractivity contribution is -0.143. The number of aliphatic carboxylic acids is 1. The van der Waals surface area contributed by atoms with Crippen molar-refractivity contribution in [2.24, 2.45) is 5.92 Å². The molecule has 1 saturated carbocycles. The van der Waals surface area contributed by atoms with Gasteiger partial charge in [0.05, 0.1) is 17.4 Å². The van der Waals surface area contributed by atoms with E-state index in [0.717, 1.165) is 24.1 Å². The van der Waals surface area contributed by atoms with Crippen molar-refractivity contribution in [3.05, 3.63) is 30.0 Å². The third-order valence-electron chi connectivity index (χ3n) is 7.71. The van der Waals surface area contributed by atoms with Crippen LogP contribution in [0.1, 0.15) is 50.2 Å². The summed E-state index contributed by atoms with van der Waals surface area (Å²) in [5.74, 6) is -3.23. The summed E-state index contributed by atoms with van der Waals surface area (Å²) in [5, 5.41) is 9.87. The van der Waals surface area contributed by atoms with E-state index in [2.05, 4.69) is 4.90 Å². The third-order valence-corrected chi connectivity index (χ3v) is 9.38. The van der Waals surface area contributed by atoms with Crippen LogP contribution in [0.2, 0.25) is 0 Å². The van der Waals surface area contributed by atoms with E-state index in [9.17, 15) is 27.8 Å². The van der Waals surface area contributed by atoms with Crippen molar-refractivity contribution in [2.45, 2.75) is 50.4 Å². The quantitative estimate of drug-likeness (QED) is 0.469. The van der Waals surface area contributed by atoms with Crippen LogP contribution in [0.3, 0.4) is 0 Å². The molecule has 1 aromatic carbocycles. The molecule has 1 aliphatic carbocycles. The first kappa shape index (κ1) is 25.3. The van der Waals surface area contributed by atoms with E-state index in [0.29, 0.717) is 48.9 Å². The van der Waals surface area contributed by atoms with Gasteiger partial charge < -0.3 is 19.3 Å². The molecule has 0 spiro atoms. The molecule has 3 N–H and O–H groups in total. The Morgan fingerprint density at radius 2 is 1.64 bits per heavy atom. The Kier molecular flexibility index (Phi) is 6.90. The van der Waals surface area contributed by atoms with Gasteiger partial charge in [0.1, 0.15) is 11.5 Å². The van der Waals surface area contributed by atoms with Gasteiger partial charge in [0.2, 0.25) is 0 Å². The van der Waals surface area contributed by atoms with E-state index in [-0.39, 0.29) is 37.9 Å². The number of anilines is 2. The first-order valence-electron chi connectivity index (χ1n) is 12.6. The topological polar surface area (TPSA) is 110 Å². The monoisotopic (exact) mass is 525 g/mol. The maximum Gasteiger partial charge on any atom is 0.307 e. The molecule has 5 rings (SSSR count). The fraction of sp³-hybridized carbons (Fsp3) is 0.600. The molecule has 36 heavy (non-hydrogen) atoms. The van der Waals surface area contributed by atoms with Crippen LogP contribution in [0.25, 0.3) is 11.3 Å². The minimum atomic E-state index is -2.69. The number of piperidine rings is 1. The Morgan fingerprint density at radius 1 is 1.00 bits per heavy atom. The average molecular weight is 526 g/mol. The minimum Gasteiger partial charge on any atom is -0.481 e. The van der Waals surface area contributed by atoms with Gasteiger partial charge >= 0.3 is 5.97 Å². The molecule has 3 heterocycles. The molecule has 8 nitrogen and oxygen atoms in total. The van der Waals surface area contributed by atoms with E-state index in [1.165, 1.54) is 0 Å². The van der Waals surface area contributed by atoms with Crippen molar-refractivity contribution in [3.8, 4) is 11.3 Å². The summed E-state index contributed by atoms with van der Waals surface area (Å²) in [4.78, 5) is 20.6. The second-order valence-corrected chi connectivity index (χ2v) is 12.6. The summed E-state index contributed by atoms with van der Waals surface area (Å²) >= 11 is 0. The summed E-state index contributed by atoms with van der Waals surface area (Å²) in [6.07, 6.45) is 2.45. The zero-order valence-corrected chi connectivity index (χ0v) is 20.9. The molecule has 2 unspecified atom stereocenters. The van der Waals surface area contributed by atoms with Gasteiger partial charge in [-0.1, -0.05) is 25.0 Å². The van der Waals surface area contributed by atoms with Crippen molar-refractivity contribution < 1.29 is 32.2 Å². The Labute approximate surface area is 210 Å². The van der Waals surface area contributed by atoms with E-state index >= 15 is 0 Å². The van der Waals surface area contributed by atoms with Crippen LogP contribution in [-0.4, -0.2) is 68.8 Å². The van der Waals surface area contributed by atoms with Crippen molar-refractivity contribution in [3.63, 3.8) is 0 Å². The second-order valence-electron chi connectivity index (χ2n) is 10.1. The fourth-order valence-electron chi connectivity index (χ4n) is 5.49. The number of hydrogen-bond acceptors (Lipinski definition) is 7. The van der Waals surface area contributed by atoms with Gasteiger partial charge in [-0.05, 0) is 25.0 Å². The highest BCUT2D eigenvalue weighted by molar-refractivity contribution is 8.24. The molecule has 0 radical (unpaired) electrons. The number of carbonyl (C=O) groups is 1. The zero-order valence-electron chi connectivity index (χ0n) is 20.1. The summed E-state index contributed by atoms with van der Waals surface area (Å²) < 4.78 is 53.5. The van der Waals surface area contributed by atoms with E-state index in [4.69, 9.17) is 9.40 Å². The van der Waals surface area contributed by atoms with Gasteiger partial charge in [-0.2, -0.15) is 15.6 Å². The van der Waals surface area contributed by atoms with Crippen LogP contribution in [0.4, 0.5) is 20.5 Å². The van der Waals surface area contributed by atoms with Gasteiger partial charge in [0.15, 0.2) is 0 Å². The first-order valence-corrected chi connectivity index (χ1v) is 14.5. The smallest absolute Gasteiger partial charge is 0.307 e. The van der Waals surface area contributed by atoms with Gasteiger partial charge in [-0.25, -0.2) is 8.78 Å². The SMILES string of the molecule is O=C(O)C1CCCCC1c1oc(N2CCC(F)(F)CC2)nc1-c1ccc(N2CCS(O)(O)CC2)cc1. The van der Waals surface area contributed by atoms with Crippen LogP contribution in [-0.2, 0) is 4.79 Å².